The van der Waals surface area contributed by atoms with E-state index in [1.165, 1.54) is 12.0 Å². The highest BCUT2D eigenvalue weighted by Crippen LogP contribution is 2.24. The Hall–Kier alpha value is -1.87. The molecule has 136 valence electrons. The van der Waals surface area contributed by atoms with Crippen LogP contribution in [0, 0.1) is 0 Å². The molecule has 2 aliphatic heterocycles. The Labute approximate surface area is 153 Å². The van der Waals surface area contributed by atoms with Gasteiger partial charge in [0, 0.05) is 26.2 Å². The fourth-order valence-corrected chi connectivity index (χ4v) is 3.52. The molecule has 0 atom stereocenters. The summed E-state index contributed by atoms with van der Waals surface area (Å²) in [4.78, 5) is 41.4. The van der Waals surface area contributed by atoms with Gasteiger partial charge in [-0.1, -0.05) is 0 Å². The van der Waals surface area contributed by atoms with Crippen molar-refractivity contribution < 1.29 is 23.5 Å². The molecule has 25 heavy (non-hydrogen) atoms. The maximum absolute atomic E-state index is 12.4. The Morgan fingerprint density at radius 1 is 1.32 bits per heavy atom. The minimum Gasteiger partial charge on any atom is -0.444 e. The molecule has 2 fully saturated rings. The van der Waals surface area contributed by atoms with Crippen molar-refractivity contribution in [2.24, 2.45) is 0 Å². The van der Waals surface area contributed by atoms with E-state index in [1.807, 2.05) is 0 Å². The van der Waals surface area contributed by atoms with Gasteiger partial charge in [-0.2, -0.15) is 0 Å². The van der Waals surface area contributed by atoms with Gasteiger partial charge in [-0.05, 0) is 40.9 Å². The van der Waals surface area contributed by atoms with Crippen LogP contribution in [0.1, 0.15) is 23.4 Å². The third-order valence-corrected chi connectivity index (χ3v) is 5.00. The van der Waals surface area contributed by atoms with Crippen LogP contribution < -0.4 is 0 Å². The smallest absolute Gasteiger partial charge is 0.327 e. The zero-order valence-electron chi connectivity index (χ0n) is 13.9. The summed E-state index contributed by atoms with van der Waals surface area (Å²) < 4.78 is 10.8. The summed E-state index contributed by atoms with van der Waals surface area (Å²) in [5, 5.41) is 0. The van der Waals surface area contributed by atoms with Crippen LogP contribution in [0.4, 0.5) is 4.79 Å². The van der Waals surface area contributed by atoms with Gasteiger partial charge in [0.2, 0.25) is 5.91 Å². The van der Waals surface area contributed by atoms with Gasteiger partial charge in [-0.15, -0.1) is 0 Å². The van der Waals surface area contributed by atoms with Gasteiger partial charge in [0.1, 0.15) is 6.54 Å². The fourth-order valence-electron chi connectivity index (χ4n) is 3.21. The number of furan rings is 1. The number of hydrogen-bond acceptors (Lipinski definition) is 5. The molecule has 9 heteroatoms. The average Bonchev–Trinajstić information content (AvgIpc) is 3.16. The lowest BCUT2D eigenvalue weighted by Gasteiger charge is -2.35. The van der Waals surface area contributed by atoms with Crippen molar-refractivity contribution in [1.82, 2.24) is 14.7 Å². The molecule has 0 spiro atoms. The van der Waals surface area contributed by atoms with Crippen LogP contribution in [0.3, 0.4) is 0 Å². The van der Waals surface area contributed by atoms with Crippen molar-refractivity contribution in [3.8, 4) is 0 Å². The predicted molar refractivity (Wildman–Crippen MR) is 91.0 cm³/mol. The van der Waals surface area contributed by atoms with E-state index in [1.54, 1.807) is 21.9 Å². The highest BCUT2D eigenvalue weighted by Gasteiger charge is 2.40. The highest BCUT2D eigenvalue weighted by atomic mass is 79.9. The normalized spacial score (nSPS) is 19.2. The molecular formula is C16H20BrN3O5. The SMILES string of the molecule is COCCN1C(=O)CN(C2CCN(C(=O)c3ccc(Br)o3)CC2)C1=O. The lowest BCUT2D eigenvalue weighted by atomic mass is 10.0. The second-order valence-electron chi connectivity index (χ2n) is 6.08. The second-order valence-corrected chi connectivity index (χ2v) is 6.86. The lowest BCUT2D eigenvalue weighted by molar-refractivity contribution is -0.125. The first kappa shape index (κ1) is 17.9. The molecule has 0 saturated carbocycles. The molecule has 2 aliphatic rings. The Kier molecular flexibility index (Phi) is 5.43. The molecule has 1 aromatic heterocycles. The largest absolute Gasteiger partial charge is 0.444 e. The van der Waals surface area contributed by atoms with E-state index in [2.05, 4.69) is 15.9 Å². The van der Waals surface area contributed by atoms with Crippen molar-refractivity contribution in [2.45, 2.75) is 18.9 Å². The summed E-state index contributed by atoms with van der Waals surface area (Å²) >= 11 is 3.19. The van der Waals surface area contributed by atoms with Crippen LogP contribution in [0.25, 0.3) is 0 Å². The quantitative estimate of drug-likeness (QED) is 0.683. The third kappa shape index (κ3) is 3.72. The maximum Gasteiger partial charge on any atom is 0.327 e. The summed E-state index contributed by atoms with van der Waals surface area (Å²) in [6, 6.07) is 3.02. The number of carbonyl (C=O) groups is 3. The van der Waals surface area contributed by atoms with Gasteiger partial charge in [0.15, 0.2) is 10.4 Å². The van der Waals surface area contributed by atoms with Crippen LogP contribution in [0.2, 0.25) is 0 Å². The molecule has 0 unspecified atom stereocenters. The lowest BCUT2D eigenvalue weighted by Crippen LogP contribution is -2.48. The predicted octanol–water partition coefficient (Wildman–Crippen LogP) is 1.56. The number of nitrogens with zero attached hydrogens (tertiary/aromatic N) is 3. The number of carbonyl (C=O) groups excluding carboxylic acids is 3. The summed E-state index contributed by atoms with van der Waals surface area (Å²) in [7, 11) is 1.53. The van der Waals surface area contributed by atoms with Crippen molar-refractivity contribution >= 4 is 33.8 Å². The Morgan fingerprint density at radius 3 is 2.64 bits per heavy atom. The number of imide groups is 1. The number of amides is 4. The summed E-state index contributed by atoms with van der Waals surface area (Å²) in [5.74, 6) is -0.0563. The van der Waals surface area contributed by atoms with Crippen molar-refractivity contribution in [3.63, 3.8) is 0 Å². The molecule has 0 N–H and O–H groups in total. The molecule has 0 aliphatic carbocycles. The van der Waals surface area contributed by atoms with Gasteiger partial charge in [0.05, 0.1) is 13.2 Å². The number of methoxy groups -OCH3 is 1. The minimum absolute atomic E-state index is 0.0311. The molecule has 0 bridgehead atoms. The average molecular weight is 414 g/mol. The molecular weight excluding hydrogens is 394 g/mol. The molecule has 1 aromatic rings. The first-order valence-electron chi connectivity index (χ1n) is 8.15. The van der Waals surface area contributed by atoms with E-state index in [4.69, 9.17) is 9.15 Å². The van der Waals surface area contributed by atoms with E-state index in [9.17, 15) is 14.4 Å². The van der Waals surface area contributed by atoms with E-state index in [0.29, 0.717) is 43.0 Å². The zero-order chi connectivity index (χ0) is 18.0. The summed E-state index contributed by atoms with van der Waals surface area (Å²) in [6.07, 6.45) is 1.29. The first-order chi connectivity index (χ1) is 12.0. The second kappa shape index (κ2) is 7.57. The van der Waals surface area contributed by atoms with E-state index >= 15 is 0 Å². The van der Waals surface area contributed by atoms with Crippen LogP contribution in [-0.2, 0) is 9.53 Å². The molecule has 0 radical (unpaired) electrons. The molecule has 4 amide bonds. The van der Waals surface area contributed by atoms with Crippen molar-refractivity contribution in [3.05, 3.63) is 22.6 Å². The Bertz CT molecular complexity index is 668. The van der Waals surface area contributed by atoms with Gasteiger partial charge >= 0.3 is 6.03 Å². The van der Waals surface area contributed by atoms with Gasteiger partial charge in [-0.3, -0.25) is 14.5 Å². The maximum atomic E-state index is 12.4. The van der Waals surface area contributed by atoms with Crippen LogP contribution in [0.15, 0.2) is 21.2 Å². The number of halogens is 1. The monoisotopic (exact) mass is 413 g/mol. The van der Waals surface area contributed by atoms with Crippen LogP contribution in [-0.4, -0.2) is 78.5 Å². The van der Waals surface area contributed by atoms with Gasteiger partial charge in [-0.25, -0.2) is 4.79 Å². The molecule has 0 aromatic carbocycles. The summed E-state index contributed by atoms with van der Waals surface area (Å²) in [5.41, 5.74) is 0. The highest BCUT2D eigenvalue weighted by molar-refractivity contribution is 9.10. The van der Waals surface area contributed by atoms with Gasteiger partial charge in [0.25, 0.3) is 5.91 Å². The number of urea groups is 1. The topological polar surface area (TPSA) is 83.3 Å². The van der Waals surface area contributed by atoms with Crippen molar-refractivity contribution in [1.29, 1.82) is 0 Å². The first-order valence-corrected chi connectivity index (χ1v) is 8.95. The van der Waals surface area contributed by atoms with Crippen LogP contribution in [0.5, 0.6) is 0 Å². The number of piperidine rings is 1. The standard InChI is InChI=1S/C16H20BrN3O5/c1-24-9-8-19-14(21)10-20(16(19)23)11-4-6-18(7-5-11)15(22)12-2-3-13(17)25-12/h2-3,11H,4-10H2,1H3. The van der Waals surface area contributed by atoms with Crippen LogP contribution >= 0.6 is 15.9 Å². The van der Waals surface area contributed by atoms with E-state index in [0.717, 1.165) is 0 Å². The minimum atomic E-state index is -0.262. The van der Waals surface area contributed by atoms with Crippen molar-refractivity contribution in [2.75, 3.05) is 39.9 Å². The fraction of sp³-hybridized carbons (Fsp3) is 0.562. The Morgan fingerprint density at radius 2 is 2.04 bits per heavy atom. The number of ether oxygens (including phenoxy) is 1. The Balaban J connectivity index is 1.56. The van der Waals surface area contributed by atoms with E-state index < -0.39 is 0 Å². The molecule has 2 saturated heterocycles. The summed E-state index contributed by atoms with van der Waals surface area (Å²) in [6.45, 7) is 1.76. The van der Waals surface area contributed by atoms with Gasteiger partial charge < -0.3 is 19.0 Å². The van der Waals surface area contributed by atoms with E-state index in [-0.39, 0.29) is 37.0 Å². The number of rotatable bonds is 5. The third-order valence-electron chi connectivity index (χ3n) is 4.58. The zero-order valence-corrected chi connectivity index (χ0v) is 15.5. The number of hydrogen-bond donors (Lipinski definition) is 0. The molecule has 8 nitrogen and oxygen atoms in total. The number of likely N-dealkylation sites (tertiary alicyclic amines) is 1. The molecule has 3 heterocycles. The molecule has 3 rings (SSSR count).